The van der Waals surface area contributed by atoms with Crippen LogP contribution in [-0.4, -0.2) is 27.1 Å². The van der Waals surface area contributed by atoms with Crippen molar-refractivity contribution in [3.63, 3.8) is 0 Å². The van der Waals surface area contributed by atoms with E-state index in [1.54, 1.807) is 13.8 Å². The van der Waals surface area contributed by atoms with Crippen molar-refractivity contribution in [3.05, 3.63) is 17.5 Å². The van der Waals surface area contributed by atoms with E-state index in [2.05, 4.69) is 15.3 Å². The first-order valence-corrected chi connectivity index (χ1v) is 5.53. The van der Waals surface area contributed by atoms with Gasteiger partial charge in [0, 0.05) is 5.69 Å². The first kappa shape index (κ1) is 15.2. The second kappa shape index (κ2) is 5.41. The molecule has 0 unspecified atom stereocenters. The fourth-order valence-electron chi connectivity index (χ4n) is 1.43. The van der Waals surface area contributed by atoms with Gasteiger partial charge in [-0.2, -0.15) is 13.2 Å². The highest BCUT2D eigenvalue weighted by molar-refractivity contribution is 5.76. The van der Waals surface area contributed by atoms with Crippen molar-refractivity contribution in [3.8, 4) is 0 Å². The molecule has 1 atom stereocenters. The Kier molecular flexibility index (Phi) is 4.33. The highest BCUT2D eigenvalue weighted by Crippen LogP contribution is 2.28. The average molecular weight is 277 g/mol. The Bertz CT molecular complexity index is 475. The van der Waals surface area contributed by atoms with E-state index in [-0.39, 0.29) is 17.6 Å². The molecule has 1 rings (SSSR count). The van der Waals surface area contributed by atoms with Crippen molar-refractivity contribution < 1.29 is 23.1 Å². The number of halogens is 3. The summed E-state index contributed by atoms with van der Waals surface area (Å²) in [5.41, 5.74) is -0.992. The van der Waals surface area contributed by atoms with Gasteiger partial charge in [0.1, 0.15) is 11.7 Å². The van der Waals surface area contributed by atoms with E-state index < -0.39 is 23.9 Å². The molecule has 5 nitrogen and oxygen atoms in total. The molecule has 2 N–H and O–H groups in total. The average Bonchev–Trinajstić information content (AvgIpc) is 2.23. The van der Waals surface area contributed by atoms with Crippen molar-refractivity contribution in [2.45, 2.75) is 33.0 Å². The van der Waals surface area contributed by atoms with E-state index in [0.29, 0.717) is 0 Å². The number of nitrogens with one attached hydrogen (secondary N) is 1. The van der Waals surface area contributed by atoms with Gasteiger partial charge in [0.15, 0.2) is 0 Å². The van der Waals surface area contributed by atoms with E-state index in [1.807, 2.05) is 0 Å². The second-order valence-corrected chi connectivity index (χ2v) is 4.42. The van der Waals surface area contributed by atoms with Crippen molar-refractivity contribution in [1.29, 1.82) is 0 Å². The van der Waals surface area contributed by atoms with Gasteiger partial charge in [0.2, 0.25) is 5.95 Å². The highest BCUT2D eigenvalue weighted by atomic mass is 19.4. The maximum atomic E-state index is 12.6. The smallest absolute Gasteiger partial charge is 0.433 e. The lowest BCUT2D eigenvalue weighted by molar-refractivity contribution is -0.141. The molecule has 1 aromatic heterocycles. The predicted molar refractivity (Wildman–Crippen MR) is 61.7 cm³/mol. The van der Waals surface area contributed by atoms with Gasteiger partial charge in [-0.05, 0) is 18.9 Å². The number of anilines is 1. The quantitative estimate of drug-likeness (QED) is 0.883. The summed E-state index contributed by atoms with van der Waals surface area (Å²) in [6, 6.07) is -0.251. The number of hydrogen-bond donors (Lipinski definition) is 2. The maximum absolute atomic E-state index is 12.6. The van der Waals surface area contributed by atoms with Gasteiger partial charge in [-0.1, -0.05) is 13.8 Å². The summed E-state index contributed by atoms with van der Waals surface area (Å²) in [7, 11) is 0. The number of nitrogens with zero attached hydrogens (tertiary/aromatic N) is 2. The molecule has 0 aliphatic heterocycles. The number of carboxylic acids is 1. The van der Waals surface area contributed by atoms with Crippen LogP contribution in [0.1, 0.15) is 25.2 Å². The van der Waals surface area contributed by atoms with Gasteiger partial charge in [0.25, 0.3) is 0 Å². The zero-order valence-corrected chi connectivity index (χ0v) is 10.6. The van der Waals surface area contributed by atoms with E-state index in [4.69, 9.17) is 5.11 Å². The van der Waals surface area contributed by atoms with E-state index in [9.17, 15) is 18.0 Å². The number of alkyl halides is 3. The molecular formula is C11H14F3N3O2. The molecule has 106 valence electrons. The van der Waals surface area contributed by atoms with Crippen LogP contribution in [-0.2, 0) is 11.0 Å². The molecule has 0 aliphatic carbocycles. The summed E-state index contributed by atoms with van der Waals surface area (Å²) in [6.45, 7) is 4.64. The van der Waals surface area contributed by atoms with Crippen LogP contribution in [0.5, 0.6) is 0 Å². The topological polar surface area (TPSA) is 75.1 Å². The summed E-state index contributed by atoms with van der Waals surface area (Å²) in [5.74, 6) is -1.84. The summed E-state index contributed by atoms with van der Waals surface area (Å²) in [5, 5.41) is 11.4. The Morgan fingerprint density at radius 1 is 1.37 bits per heavy atom. The third-order valence-electron chi connectivity index (χ3n) is 2.36. The fraction of sp³-hybridized carbons (Fsp3) is 0.545. The molecule has 0 aliphatic rings. The number of aryl methyl sites for hydroxylation is 1. The van der Waals surface area contributed by atoms with Crippen LogP contribution in [0, 0.1) is 12.8 Å². The Morgan fingerprint density at radius 2 is 1.95 bits per heavy atom. The lowest BCUT2D eigenvalue weighted by Crippen LogP contribution is -2.35. The van der Waals surface area contributed by atoms with Gasteiger partial charge in [-0.3, -0.25) is 0 Å². The van der Waals surface area contributed by atoms with Crippen molar-refractivity contribution in [2.75, 3.05) is 5.32 Å². The van der Waals surface area contributed by atoms with E-state index in [1.165, 1.54) is 6.92 Å². The zero-order chi connectivity index (χ0) is 14.8. The van der Waals surface area contributed by atoms with Gasteiger partial charge in [-0.15, -0.1) is 0 Å². The van der Waals surface area contributed by atoms with Crippen molar-refractivity contribution in [2.24, 2.45) is 5.92 Å². The minimum absolute atomic E-state index is 0.109. The highest BCUT2D eigenvalue weighted by Gasteiger charge is 2.34. The monoisotopic (exact) mass is 277 g/mol. The van der Waals surface area contributed by atoms with Crippen LogP contribution in [0.3, 0.4) is 0 Å². The van der Waals surface area contributed by atoms with Crippen molar-refractivity contribution >= 4 is 11.9 Å². The molecule has 0 radical (unpaired) electrons. The Morgan fingerprint density at radius 3 is 2.37 bits per heavy atom. The Hall–Kier alpha value is -1.86. The standard InChI is InChI=1S/C11H14F3N3O2/c1-5(2)8(9(18)19)17-10-15-6(3)4-7(16-10)11(12,13)14/h4-5,8H,1-3H3,(H,18,19)(H,15,16,17)/t8-/m1/s1. The second-order valence-electron chi connectivity index (χ2n) is 4.42. The molecule has 0 saturated carbocycles. The number of carbonyl (C=O) groups is 1. The molecule has 0 bridgehead atoms. The first-order valence-electron chi connectivity index (χ1n) is 5.53. The number of aliphatic carboxylic acids is 1. The molecule has 8 heteroatoms. The van der Waals surface area contributed by atoms with Crippen LogP contribution >= 0.6 is 0 Å². The Labute approximate surface area is 107 Å². The van der Waals surface area contributed by atoms with Gasteiger partial charge >= 0.3 is 12.1 Å². The van der Waals surface area contributed by atoms with E-state index >= 15 is 0 Å². The molecule has 0 fully saturated rings. The van der Waals surface area contributed by atoms with Crippen LogP contribution in [0.4, 0.5) is 19.1 Å². The number of aromatic nitrogens is 2. The predicted octanol–water partition coefficient (Wildman–Crippen LogP) is 2.32. The molecule has 19 heavy (non-hydrogen) atoms. The summed E-state index contributed by atoms with van der Waals surface area (Å²) >= 11 is 0. The normalized spacial score (nSPS) is 13.4. The van der Waals surface area contributed by atoms with Gasteiger partial charge in [-0.25, -0.2) is 14.8 Å². The van der Waals surface area contributed by atoms with Gasteiger partial charge < -0.3 is 10.4 Å². The third-order valence-corrected chi connectivity index (χ3v) is 2.36. The molecule has 0 amide bonds. The molecule has 0 aromatic carbocycles. The van der Waals surface area contributed by atoms with E-state index in [0.717, 1.165) is 6.07 Å². The van der Waals surface area contributed by atoms with Crippen molar-refractivity contribution in [1.82, 2.24) is 9.97 Å². The molecule has 1 aromatic rings. The minimum Gasteiger partial charge on any atom is -0.480 e. The van der Waals surface area contributed by atoms with Crippen LogP contribution in [0.15, 0.2) is 6.07 Å². The van der Waals surface area contributed by atoms with Gasteiger partial charge in [0.05, 0.1) is 0 Å². The number of carboxylic acid groups (broad SMARTS) is 1. The third kappa shape index (κ3) is 4.08. The maximum Gasteiger partial charge on any atom is 0.433 e. The van der Waals surface area contributed by atoms with Crippen LogP contribution < -0.4 is 5.32 Å². The molecule has 0 spiro atoms. The number of rotatable bonds is 4. The lowest BCUT2D eigenvalue weighted by atomic mass is 10.1. The Balaban J connectivity index is 3.08. The summed E-state index contributed by atoms with van der Waals surface area (Å²) in [4.78, 5) is 18.0. The number of hydrogen-bond acceptors (Lipinski definition) is 4. The lowest BCUT2D eigenvalue weighted by Gasteiger charge is -2.18. The summed E-state index contributed by atoms with van der Waals surface area (Å²) in [6.07, 6.45) is -4.60. The SMILES string of the molecule is Cc1cc(C(F)(F)F)nc(N[C@@H](C(=O)O)C(C)C)n1. The van der Waals surface area contributed by atoms with Crippen LogP contribution in [0.2, 0.25) is 0 Å². The minimum atomic E-state index is -4.60. The summed E-state index contributed by atoms with van der Waals surface area (Å²) < 4.78 is 37.7. The molecular weight excluding hydrogens is 263 g/mol. The first-order chi connectivity index (χ1) is 8.61. The molecule has 1 heterocycles. The van der Waals surface area contributed by atoms with Crippen LogP contribution in [0.25, 0.3) is 0 Å². The largest absolute Gasteiger partial charge is 0.480 e. The molecule has 0 saturated heterocycles. The fourth-order valence-corrected chi connectivity index (χ4v) is 1.43. The zero-order valence-electron chi connectivity index (χ0n) is 10.6.